The number of halogens is 1. The highest BCUT2D eigenvalue weighted by Gasteiger charge is 2.31. The smallest absolute Gasteiger partial charge is 0.309 e. The van der Waals surface area contributed by atoms with Crippen LogP contribution in [-0.4, -0.2) is 64.7 Å². The van der Waals surface area contributed by atoms with Crippen LogP contribution in [0.25, 0.3) is 0 Å². The molecule has 0 bridgehead atoms. The molecular formula is C23H31FN4O3. The Hall–Kier alpha value is -2.32. The highest BCUT2D eigenvalue weighted by Crippen LogP contribution is 2.25. The summed E-state index contributed by atoms with van der Waals surface area (Å²) >= 11 is 0. The molecule has 2 aliphatic rings. The van der Waals surface area contributed by atoms with Crippen molar-refractivity contribution in [2.45, 2.75) is 51.6 Å². The summed E-state index contributed by atoms with van der Waals surface area (Å²) in [5.74, 6) is 0.970. The molecule has 168 valence electrons. The quantitative estimate of drug-likeness (QED) is 0.625. The number of esters is 1. The number of nitrogens with zero attached hydrogens (tertiary/aromatic N) is 4. The monoisotopic (exact) mass is 430 g/mol. The molecule has 0 aliphatic carbocycles. The Morgan fingerprint density at radius 2 is 1.97 bits per heavy atom. The van der Waals surface area contributed by atoms with Crippen LogP contribution >= 0.6 is 0 Å². The van der Waals surface area contributed by atoms with Gasteiger partial charge < -0.3 is 14.2 Å². The first-order chi connectivity index (χ1) is 15.1. The number of hydrogen-bond donors (Lipinski definition) is 0. The first kappa shape index (κ1) is 21.9. The molecule has 1 aromatic carbocycles. The van der Waals surface area contributed by atoms with Gasteiger partial charge in [0.2, 0.25) is 5.89 Å². The number of aromatic nitrogens is 2. The van der Waals surface area contributed by atoms with E-state index in [4.69, 9.17) is 9.26 Å². The fourth-order valence-electron chi connectivity index (χ4n) is 4.65. The zero-order chi connectivity index (χ0) is 21.6. The average Bonchev–Trinajstić information content (AvgIpc) is 3.21. The lowest BCUT2D eigenvalue weighted by molar-refractivity contribution is -0.149. The summed E-state index contributed by atoms with van der Waals surface area (Å²) in [7, 11) is 0. The minimum Gasteiger partial charge on any atom is -0.466 e. The van der Waals surface area contributed by atoms with Crippen molar-refractivity contribution < 1.29 is 18.4 Å². The van der Waals surface area contributed by atoms with E-state index in [9.17, 15) is 9.18 Å². The molecular weight excluding hydrogens is 399 g/mol. The number of carbonyl (C=O) groups excluding carboxylic acids is 1. The lowest BCUT2D eigenvalue weighted by Crippen LogP contribution is -2.48. The molecule has 0 unspecified atom stereocenters. The third-order valence-electron chi connectivity index (χ3n) is 6.34. The summed E-state index contributed by atoms with van der Waals surface area (Å²) in [5, 5.41) is 4.05. The van der Waals surface area contributed by atoms with Gasteiger partial charge in [-0.1, -0.05) is 17.3 Å². The molecule has 8 heteroatoms. The van der Waals surface area contributed by atoms with Crippen LogP contribution in [0.5, 0.6) is 0 Å². The maximum absolute atomic E-state index is 13.3. The zero-order valence-corrected chi connectivity index (χ0v) is 18.1. The van der Waals surface area contributed by atoms with Crippen LogP contribution in [0.4, 0.5) is 4.39 Å². The van der Waals surface area contributed by atoms with E-state index < -0.39 is 0 Å². The van der Waals surface area contributed by atoms with Crippen LogP contribution in [-0.2, 0) is 22.5 Å². The van der Waals surface area contributed by atoms with Crippen LogP contribution in [0.1, 0.15) is 49.9 Å². The van der Waals surface area contributed by atoms with Gasteiger partial charge in [-0.3, -0.25) is 9.69 Å². The fourth-order valence-corrected chi connectivity index (χ4v) is 4.65. The first-order valence-corrected chi connectivity index (χ1v) is 11.3. The summed E-state index contributed by atoms with van der Waals surface area (Å²) in [5.41, 5.74) is 0.833. The van der Waals surface area contributed by atoms with Gasteiger partial charge in [-0.15, -0.1) is 0 Å². The Balaban J connectivity index is 1.20. The number of rotatable bonds is 7. The SMILES string of the molecule is CCOC(=O)C1CCN(C2CCN(Cc3nc(Cc4cccc(F)c4)no3)CC2)CC1. The minimum absolute atomic E-state index is 0.0340. The summed E-state index contributed by atoms with van der Waals surface area (Å²) in [4.78, 5) is 21.3. The maximum Gasteiger partial charge on any atom is 0.309 e. The van der Waals surface area contributed by atoms with Gasteiger partial charge >= 0.3 is 5.97 Å². The second-order valence-electron chi connectivity index (χ2n) is 8.48. The lowest BCUT2D eigenvalue weighted by atomic mass is 9.93. The highest BCUT2D eigenvalue weighted by molar-refractivity contribution is 5.72. The Morgan fingerprint density at radius 1 is 1.19 bits per heavy atom. The molecule has 0 amide bonds. The predicted octanol–water partition coefficient (Wildman–Crippen LogP) is 3.04. The molecule has 2 aromatic rings. The topological polar surface area (TPSA) is 71.7 Å². The van der Waals surface area contributed by atoms with E-state index in [1.54, 1.807) is 6.07 Å². The molecule has 4 rings (SSSR count). The molecule has 2 saturated heterocycles. The van der Waals surface area contributed by atoms with Crippen molar-refractivity contribution in [3.63, 3.8) is 0 Å². The van der Waals surface area contributed by atoms with E-state index in [2.05, 4.69) is 19.9 Å². The molecule has 1 aromatic heterocycles. The number of likely N-dealkylation sites (tertiary alicyclic amines) is 2. The maximum atomic E-state index is 13.3. The largest absolute Gasteiger partial charge is 0.466 e. The second kappa shape index (κ2) is 10.3. The van der Waals surface area contributed by atoms with Gasteiger partial charge in [-0.2, -0.15) is 4.98 Å². The molecule has 0 radical (unpaired) electrons. The van der Waals surface area contributed by atoms with E-state index >= 15 is 0 Å². The molecule has 31 heavy (non-hydrogen) atoms. The number of hydrogen-bond acceptors (Lipinski definition) is 7. The molecule has 3 heterocycles. The van der Waals surface area contributed by atoms with E-state index in [1.165, 1.54) is 12.1 Å². The van der Waals surface area contributed by atoms with Crippen LogP contribution < -0.4 is 0 Å². The lowest BCUT2D eigenvalue weighted by Gasteiger charge is -2.41. The number of piperidine rings is 2. The molecule has 0 atom stereocenters. The van der Waals surface area contributed by atoms with Crippen molar-refractivity contribution in [3.8, 4) is 0 Å². The van der Waals surface area contributed by atoms with Crippen LogP contribution in [0, 0.1) is 11.7 Å². The summed E-state index contributed by atoms with van der Waals surface area (Å²) in [6.07, 6.45) is 4.47. The van der Waals surface area contributed by atoms with Gasteiger partial charge in [-0.25, -0.2) is 4.39 Å². The van der Waals surface area contributed by atoms with Crippen molar-refractivity contribution in [2.75, 3.05) is 32.8 Å². The van der Waals surface area contributed by atoms with Crippen LogP contribution in [0.2, 0.25) is 0 Å². The second-order valence-corrected chi connectivity index (χ2v) is 8.48. The van der Waals surface area contributed by atoms with Gasteiger partial charge in [0.05, 0.1) is 19.1 Å². The summed E-state index contributed by atoms with van der Waals surface area (Å²) in [6.45, 7) is 6.90. The number of carbonyl (C=O) groups is 1. The molecule has 0 spiro atoms. The molecule has 7 nitrogen and oxygen atoms in total. The standard InChI is InChI=1S/C23H31FN4O3/c1-2-30-23(29)18-6-12-28(13-7-18)20-8-10-27(11-9-20)16-22-25-21(26-31-22)15-17-4-3-5-19(24)14-17/h3-5,14,18,20H,2,6-13,15-16H2,1H3. The molecule has 2 fully saturated rings. The van der Waals surface area contributed by atoms with E-state index in [-0.39, 0.29) is 17.7 Å². The third-order valence-corrected chi connectivity index (χ3v) is 6.34. The van der Waals surface area contributed by atoms with Gasteiger partial charge in [0, 0.05) is 25.6 Å². The van der Waals surface area contributed by atoms with Gasteiger partial charge in [0.25, 0.3) is 0 Å². The first-order valence-electron chi connectivity index (χ1n) is 11.3. The van der Waals surface area contributed by atoms with Crippen LogP contribution in [0.15, 0.2) is 28.8 Å². The Morgan fingerprint density at radius 3 is 2.68 bits per heavy atom. The van der Waals surface area contributed by atoms with Crippen molar-refractivity contribution in [3.05, 3.63) is 47.4 Å². The average molecular weight is 431 g/mol. The predicted molar refractivity (Wildman–Crippen MR) is 113 cm³/mol. The van der Waals surface area contributed by atoms with E-state index in [1.807, 2.05) is 13.0 Å². The fraction of sp³-hybridized carbons (Fsp3) is 0.609. The number of ether oxygens (including phenoxy) is 1. The normalized spacial score (nSPS) is 19.5. The molecule has 2 aliphatic heterocycles. The van der Waals surface area contributed by atoms with Crippen molar-refractivity contribution >= 4 is 5.97 Å². The summed E-state index contributed by atoms with van der Waals surface area (Å²) < 4.78 is 23.9. The summed E-state index contributed by atoms with van der Waals surface area (Å²) in [6, 6.07) is 7.05. The van der Waals surface area contributed by atoms with Gasteiger partial charge in [0.1, 0.15) is 5.82 Å². The molecule has 0 N–H and O–H groups in total. The Labute approximate surface area is 182 Å². The highest BCUT2D eigenvalue weighted by atomic mass is 19.1. The minimum atomic E-state index is -0.255. The Bertz CT molecular complexity index is 858. The number of benzene rings is 1. The molecule has 0 saturated carbocycles. The van der Waals surface area contributed by atoms with Crippen molar-refractivity contribution in [1.82, 2.24) is 19.9 Å². The van der Waals surface area contributed by atoms with E-state index in [0.717, 1.165) is 57.4 Å². The van der Waals surface area contributed by atoms with Crippen LogP contribution in [0.3, 0.4) is 0 Å². The zero-order valence-electron chi connectivity index (χ0n) is 18.1. The third kappa shape index (κ3) is 5.89. The van der Waals surface area contributed by atoms with E-state index in [0.29, 0.717) is 37.3 Å². The van der Waals surface area contributed by atoms with Crippen molar-refractivity contribution in [1.29, 1.82) is 0 Å². The van der Waals surface area contributed by atoms with Gasteiger partial charge in [0.15, 0.2) is 5.82 Å². The Kier molecular flexibility index (Phi) is 7.29. The van der Waals surface area contributed by atoms with Gasteiger partial charge in [-0.05, 0) is 63.4 Å². The van der Waals surface area contributed by atoms with Crippen molar-refractivity contribution in [2.24, 2.45) is 5.92 Å².